The first-order valence-corrected chi connectivity index (χ1v) is 5.11. The summed E-state index contributed by atoms with van der Waals surface area (Å²) in [7, 11) is 0. The van der Waals surface area contributed by atoms with E-state index in [0.29, 0.717) is 6.42 Å². The Labute approximate surface area is 97.5 Å². The van der Waals surface area contributed by atoms with Crippen LogP contribution in [-0.2, 0) is 14.3 Å². The Morgan fingerprint density at radius 2 is 1.76 bits per heavy atom. The van der Waals surface area contributed by atoms with Gasteiger partial charge < -0.3 is 10.1 Å². The molecule has 0 aliphatic rings. The van der Waals surface area contributed by atoms with Gasteiger partial charge in [-0.15, -0.1) is 0 Å². The minimum atomic E-state index is -5.02. The molecule has 0 aliphatic carbocycles. The summed E-state index contributed by atoms with van der Waals surface area (Å²) in [6.07, 6.45) is -4.90. The summed E-state index contributed by atoms with van der Waals surface area (Å²) in [5, 5.41) is 1.59. The molecule has 0 heterocycles. The highest BCUT2D eigenvalue weighted by Gasteiger charge is 2.44. The van der Waals surface area contributed by atoms with Crippen LogP contribution >= 0.6 is 0 Å². The third-order valence-electron chi connectivity index (χ3n) is 2.08. The maximum absolute atomic E-state index is 12.0. The van der Waals surface area contributed by atoms with Crippen LogP contribution in [0.4, 0.5) is 13.2 Å². The molecule has 4 nitrogen and oxygen atoms in total. The van der Waals surface area contributed by atoms with Crippen LogP contribution in [0.3, 0.4) is 0 Å². The van der Waals surface area contributed by atoms with Crippen LogP contribution in [0.1, 0.15) is 34.1 Å². The molecule has 0 rings (SSSR count). The molecule has 7 heteroatoms. The number of ether oxygens (including phenoxy) is 1. The van der Waals surface area contributed by atoms with Gasteiger partial charge >= 0.3 is 18.1 Å². The number of hydrogen-bond acceptors (Lipinski definition) is 3. The zero-order chi connectivity index (χ0) is 13.9. The van der Waals surface area contributed by atoms with Crippen molar-refractivity contribution in [3.05, 3.63) is 0 Å². The highest BCUT2D eigenvalue weighted by atomic mass is 19.4. The van der Waals surface area contributed by atoms with Crippen molar-refractivity contribution in [1.29, 1.82) is 0 Å². The monoisotopic (exact) mass is 255 g/mol. The number of esters is 1. The zero-order valence-electron chi connectivity index (χ0n) is 10.1. The lowest BCUT2D eigenvalue weighted by Crippen LogP contribution is -2.54. The topological polar surface area (TPSA) is 55.4 Å². The summed E-state index contributed by atoms with van der Waals surface area (Å²) < 4.78 is 40.9. The third kappa shape index (κ3) is 5.06. The van der Waals surface area contributed by atoms with Crippen LogP contribution in [0.2, 0.25) is 0 Å². The Balaban J connectivity index is 4.57. The van der Waals surface area contributed by atoms with Gasteiger partial charge in [0, 0.05) is 0 Å². The van der Waals surface area contributed by atoms with E-state index >= 15 is 0 Å². The van der Waals surface area contributed by atoms with E-state index in [1.807, 2.05) is 0 Å². The Morgan fingerprint density at radius 1 is 1.29 bits per heavy atom. The lowest BCUT2D eigenvalue weighted by atomic mass is 10.1. The number of carbonyl (C=O) groups is 2. The van der Waals surface area contributed by atoms with Gasteiger partial charge in [-0.1, -0.05) is 6.92 Å². The van der Waals surface area contributed by atoms with Crippen molar-refractivity contribution in [2.24, 2.45) is 0 Å². The molecule has 0 saturated carbocycles. The quantitative estimate of drug-likeness (QED) is 0.779. The van der Waals surface area contributed by atoms with E-state index in [-0.39, 0.29) is 0 Å². The van der Waals surface area contributed by atoms with Gasteiger partial charge in [0.1, 0.15) is 5.54 Å². The molecule has 100 valence electrons. The Morgan fingerprint density at radius 3 is 2.12 bits per heavy atom. The summed E-state index contributed by atoms with van der Waals surface area (Å²) in [5.41, 5.74) is -1.71. The normalized spacial score (nSPS) is 14.1. The fourth-order valence-electron chi connectivity index (χ4n) is 0.819. The molecule has 1 amide bonds. The van der Waals surface area contributed by atoms with E-state index < -0.39 is 29.7 Å². The van der Waals surface area contributed by atoms with Gasteiger partial charge in [0.15, 0.2) is 0 Å². The minimum Gasteiger partial charge on any atom is -0.461 e. The zero-order valence-corrected chi connectivity index (χ0v) is 10.1. The largest absolute Gasteiger partial charge is 0.471 e. The number of amides is 1. The van der Waals surface area contributed by atoms with E-state index in [0.717, 1.165) is 13.8 Å². The molecule has 0 aromatic carbocycles. The Bertz CT molecular complexity index is 300. The molecule has 0 aromatic rings. The Hall–Kier alpha value is -1.27. The van der Waals surface area contributed by atoms with E-state index in [4.69, 9.17) is 4.74 Å². The van der Waals surface area contributed by atoms with Gasteiger partial charge in [0.2, 0.25) is 0 Å². The number of halogens is 3. The van der Waals surface area contributed by atoms with Crippen LogP contribution in [-0.4, -0.2) is 29.7 Å². The van der Waals surface area contributed by atoms with Crippen LogP contribution in [0, 0.1) is 0 Å². The summed E-state index contributed by atoms with van der Waals surface area (Å²) >= 11 is 0. The van der Waals surface area contributed by atoms with Gasteiger partial charge in [-0.2, -0.15) is 13.2 Å². The van der Waals surface area contributed by atoms with Crippen molar-refractivity contribution < 1.29 is 27.5 Å². The third-order valence-corrected chi connectivity index (χ3v) is 2.08. The van der Waals surface area contributed by atoms with E-state index in [1.54, 1.807) is 19.2 Å². The smallest absolute Gasteiger partial charge is 0.461 e. The first-order valence-electron chi connectivity index (χ1n) is 5.11. The average Bonchev–Trinajstić information content (AvgIpc) is 2.15. The van der Waals surface area contributed by atoms with E-state index in [1.165, 1.54) is 0 Å². The average molecular weight is 255 g/mol. The van der Waals surface area contributed by atoms with Crippen LogP contribution in [0.15, 0.2) is 0 Å². The van der Waals surface area contributed by atoms with Gasteiger partial charge in [0.25, 0.3) is 0 Å². The first-order chi connectivity index (χ1) is 7.50. The second-order valence-electron chi connectivity index (χ2n) is 4.20. The predicted molar refractivity (Wildman–Crippen MR) is 54.1 cm³/mol. The van der Waals surface area contributed by atoms with E-state index in [9.17, 15) is 22.8 Å². The highest BCUT2D eigenvalue weighted by molar-refractivity contribution is 5.89. The van der Waals surface area contributed by atoms with Crippen LogP contribution in [0.5, 0.6) is 0 Å². The minimum absolute atomic E-state index is 0.412. The summed E-state index contributed by atoms with van der Waals surface area (Å²) in [5.74, 6) is -3.06. The summed E-state index contributed by atoms with van der Waals surface area (Å²) in [4.78, 5) is 22.2. The second kappa shape index (κ2) is 5.37. The van der Waals surface area contributed by atoms with Gasteiger partial charge in [-0.05, 0) is 27.2 Å². The molecule has 17 heavy (non-hydrogen) atoms. The maximum Gasteiger partial charge on any atom is 0.471 e. The molecule has 1 N–H and O–H groups in total. The number of nitrogens with one attached hydrogen (secondary N) is 1. The van der Waals surface area contributed by atoms with Crippen molar-refractivity contribution >= 4 is 11.9 Å². The fourth-order valence-corrected chi connectivity index (χ4v) is 0.819. The van der Waals surface area contributed by atoms with Crippen LogP contribution in [0.25, 0.3) is 0 Å². The second-order valence-corrected chi connectivity index (χ2v) is 4.20. The standard InChI is InChI=1S/C10H16F3NO3/c1-5-6(2)17-8(16)9(3,4)14-7(15)10(11,12)13/h6H,5H2,1-4H3,(H,14,15)/t6-/m1/s1. The molecule has 0 bridgehead atoms. The molecule has 0 aliphatic heterocycles. The maximum atomic E-state index is 12.0. The van der Waals surface area contributed by atoms with E-state index in [2.05, 4.69) is 0 Å². The molecule has 0 radical (unpaired) electrons. The van der Waals surface area contributed by atoms with Gasteiger partial charge in [-0.3, -0.25) is 4.79 Å². The fraction of sp³-hybridized carbons (Fsp3) is 0.800. The first kappa shape index (κ1) is 15.7. The van der Waals surface area contributed by atoms with Crippen molar-refractivity contribution in [3.8, 4) is 0 Å². The van der Waals surface area contributed by atoms with Crippen molar-refractivity contribution in [1.82, 2.24) is 5.32 Å². The van der Waals surface area contributed by atoms with Gasteiger partial charge in [-0.25, -0.2) is 4.79 Å². The van der Waals surface area contributed by atoms with Crippen molar-refractivity contribution in [2.45, 2.75) is 51.9 Å². The van der Waals surface area contributed by atoms with Crippen molar-refractivity contribution in [2.75, 3.05) is 0 Å². The number of rotatable bonds is 4. The lowest BCUT2D eigenvalue weighted by Gasteiger charge is -2.26. The number of alkyl halides is 3. The molecular weight excluding hydrogens is 239 g/mol. The van der Waals surface area contributed by atoms with Gasteiger partial charge in [0.05, 0.1) is 6.10 Å². The molecule has 0 unspecified atom stereocenters. The molecule has 1 atom stereocenters. The molecule has 0 spiro atoms. The Kier molecular flexibility index (Phi) is 4.97. The molecule has 0 fully saturated rings. The molecular formula is C10H16F3NO3. The number of carbonyl (C=O) groups excluding carboxylic acids is 2. The predicted octanol–water partition coefficient (Wildman–Crippen LogP) is 1.79. The molecule has 0 saturated heterocycles. The summed E-state index contributed by atoms with van der Waals surface area (Å²) in [6, 6.07) is 0. The van der Waals surface area contributed by atoms with Crippen molar-refractivity contribution in [3.63, 3.8) is 0 Å². The summed E-state index contributed by atoms with van der Waals surface area (Å²) in [6.45, 7) is 5.68. The lowest BCUT2D eigenvalue weighted by molar-refractivity contribution is -0.178. The molecule has 0 aromatic heterocycles. The van der Waals surface area contributed by atoms with Crippen LogP contribution < -0.4 is 5.32 Å². The highest BCUT2D eigenvalue weighted by Crippen LogP contribution is 2.17. The SMILES string of the molecule is CC[C@@H](C)OC(=O)C(C)(C)NC(=O)C(F)(F)F. The number of hydrogen-bond donors (Lipinski definition) is 1.